The van der Waals surface area contributed by atoms with Gasteiger partial charge in [0.25, 0.3) is 0 Å². The van der Waals surface area contributed by atoms with Crippen LogP contribution in [0.2, 0.25) is 0 Å². The molecule has 0 bridgehead atoms. The molecule has 2 fully saturated rings. The number of likely N-dealkylation sites (tertiary alicyclic amines) is 1. The van der Waals surface area contributed by atoms with Crippen LogP contribution in [0.5, 0.6) is 0 Å². The summed E-state index contributed by atoms with van der Waals surface area (Å²) in [5, 5.41) is 9.84. The number of rotatable bonds is 5. The van der Waals surface area contributed by atoms with Crippen LogP contribution < -0.4 is 0 Å². The highest BCUT2D eigenvalue weighted by Gasteiger charge is 2.54. The lowest BCUT2D eigenvalue weighted by Crippen LogP contribution is -2.45. The zero-order valence-electron chi connectivity index (χ0n) is 15.8. The number of hydrogen-bond acceptors (Lipinski definition) is 3. The molecule has 5 nitrogen and oxygen atoms in total. The molecule has 2 aromatic carbocycles. The third kappa shape index (κ3) is 3.42. The summed E-state index contributed by atoms with van der Waals surface area (Å²) < 4.78 is 5.51. The van der Waals surface area contributed by atoms with Crippen LogP contribution in [0.15, 0.2) is 60.7 Å². The highest BCUT2D eigenvalue weighted by atomic mass is 16.5. The second kappa shape index (κ2) is 7.76. The highest BCUT2D eigenvalue weighted by molar-refractivity contribution is 5.82. The molecule has 2 saturated heterocycles. The van der Waals surface area contributed by atoms with Crippen LogP contribution >= 0.6 is 0 Å². The number of carbonyl (C=O) groups is 2. The van der Waals surface area contributed by atoms with Gasteiger partial charge in [-0.15, -0.1) is 0 Å². The van der Waals surface area contributed by atoms with Gasteiger partial charge in [-0.3, -0.25) is 9.59 Å². The number of carboxylic acids is 1. The molecule has 0 aromatic heterocycles. The minimum atomic E-state index is -0.858. The van der Waals surface area contributed by atoms with E-state index in [9.17, 15) is 14.7 Å². The standard InChI is InChI=1S/C23H25NO4/c25-21(24-14-19-15-28-12-11-23(19,16-24)22(26)27)13-20(17-7-3-1-4-8-17)18-9-5-2-6-10-18/h1-10,19-20H,11-16H2,(H,26,27)/t19-,23+/m0/s1. The van der Waals surface area contributed by atoms with Crippen LogP contribution in [0.4, 0.5) is 0 Å². The molecule has 0 spiro atoms. The Bertz CT molecular complexity index is 799. The normalized spacial score (nSPS) is 24.2. The molecule has 2 atom stereocenters. The first-order valence-electron chi connectivity index (χ1n) is 9.79. The highest BCUT2D eigenvalue weighted by Crippen LogP contribution is 2.43. The molecule has 2 aliphatic heterocycles. The number of nitrogens with zero attached hydrogens (tertiary/aromatic N) is 1. The predicted octanol–water partition coefficient (Wildman–Crippen LogP) is 3.16. The summed E-state index contributed by atoms with van der Waals surface area (Å²) in [4.78, 5) is 26.9. The summed E-state index contributed by atoms with van der Waals surface area (Å²) in [5.41, 5.74) is 1.33. The summed E-state index contributed by atoms with van der Waals surface area (Å²) in [6.07, 6.45) is 0.800. The first-order chi connectivity index (χ1) is 13.6. The van der Waals surface area contributed by atoms with E-state index < -0.39 is 11.4 Å². The zero-order chi connectivity index (χ0) is 19.6. The van der Waals surface area contributed by atoms with Crippen molar-refractivity contribution >= 4 is 11.9 Å². The van der Waals surface area contributed by atoms with Gasteiger partial charge in [-0.25, -0.2) is 0 Å². The monoisotopic (exact) mass is 379 g/mol. The van der Waals surface area contributed by atoms with E-state index in [0.29, 0.717) is 32.6 Å². The smallest absolute Gasteiger partial charge is 0.311 e. The van der Waals surface area contributed by atoms with Crippen molar-refractivity contribution in [2.45, 2.75) is 18.8 Å². The van der Waals surface area contributed by atoms with Crippen molar-refractivity contribution in [1.82, 2.24) is 4.90 Å². The van der Waals surface area contributed by atoms with Crippen LogP contribution in [-0.4, -0.2) is 48.2 Å². The molecule has 28 heavy (non-hydrogen) atoms. The van der Waals surface area contributed by atoms with E-state index in [0.717, 1.165) is 11.1 Å². The fourth-order valence-corrected chi connectivity index (χ4v) is 4.59. The van der Waals surface area contributed by atoms with Gasteiger partial charge in [-0.2, -0.15) is 0 Å². The fourth-order valence-electron chi connectivity index (χ4n) is 4.59. The van der Waals surface area contributed by atoms with E-state index in [1.165, 1.54) is 0 Å². The van der Waals surface area contributed by atoms with Crippen molar-refractivity contribution in [1.29, 1.82) is 0 Å². The Morgan fingerprint density at radius 1 is 1.07 bits per heavy atom. The maximum atomic E-state index is 13.2. The van der Waals surface area contributed by atoms with Gasteiger partial charge in [0.2, 0.25) is 5.91 Å². The second-order valence-electron chi connectivity index (χ2n) is 7.84. The number of carboxylic acid groups (broad SMARTS) is 1. The van der Waals surface area contributed by atoms with Gasteiger partial charge in [0.05, 0.1) is 12.0 Å². The predicted molar refractivity (Wildman–Crippen MR) is 105 cm³/mol. The molecule has 2 aromatic rings. The Kier molecular flexibility index (Phi) is 5.18. The van der Waals surface area contributed by atoms with Crippen molar-refractivity contribution in [2.24, 2.45) is 11.3 Å². The summed E-state index contributed by atoms with van der Waals surface area (Å²) in [7, 11) is 0. The average molecular weight is 379 g/mol. The lowest BCUT2D eigenvalue weighted by Gasteiger charge is -2.33. The number of carbonyl (C=O) groups excluding carboxylic acids is 1. The lowest BCUT2D eigenvalue weighted by atomic mass is 9.74. The zero-order valence-corrected chi connectivity index (χ0v) is 15.8. The molecule has 1 N–H and O–H groups in total. The molecule has 0 radical (unpaired) electrons. The van der Waals surface area contributed by atoms with E-state index in [4.69, 9.17) is 4.74 Å². The number of ether oxygens (including phenoxy) is 1. The minimum Gasteiger partial charge on any atom is -0.481 e. The van der Waals surface area contributed by atoms with Crippen molar-refractivity contribution in [3.05, 3.63) is 71.8 Å². The number of hydrogen-bond donors (Lipinski definition) is 1. The van der Waals surface area contributed by atoms with Crippen LogP contribution in [0.25, 0.3) is 0 Å². The van der Waals surface area contributed by atoms with Crippen molar-refractivity contribution < 1.29 is 19.4 Å². The molecule has 1 amide bonds. The quantitative estimate of drug-likeness (QED) is 0.867. The SMILES string of the molecule is O=C(CC(c1ccccc1)c1ccccc1)N1C[C@H]2COCC[C@@]2(C(=O)O)C1. The maximum Gasteiger partial charge on any atom is 0.311 e. The summed E-state index contributed by atoms with van der Waals surface area (Å²) in [5.74, 6) is -0.976. The topological polar surface area (TPSA) is 66.8 Å². The largest absolute Gasteiger partial charge is 0.481 e. The first kappa shape index (κ1) is 18.7. The van der Waals surface area contributed by atoms with Crippen LogP contribution in [0, 0.1) is 11.3 Å². The number of fused-ring (bicyclic) bond motifs is 1. The van der Waals surface area contributed by atoms with Gasteiger partial charge in [0.15, 0.2) is 0 Å². The third-order valence-corrected chi connectivity index (χ3v) is 6.27. The first-order valence-corrected chi connectivity index (χ1v) is 9.79. The van der Waals surface area contributed by atoms with Gasteiger partial charge in [0.1, 0.15) is 0 Å². The van der Waals surface area contributed by atoms with Crippen molar-refractivity contribution in [3.8, 4) is 0 Å². The second-order valence-corrected chi connectivity index (χ2v) is 7.84. The van der Waals surface area contributed by atoms with Crippen LogP contribution in [-0.2, 0) is 14.3 Å². The van der Waals surface area contributed by atoms with Crippen molar-refractivity contribution in [3.63, 3.8) is 0 Å². The van der Waals surface area contributed by atoms with Gasteiger partial charge >= 0.3 is 5.97 Å². The van der Waals surface area contributed by atoms with E-state index in [1.807, 2.05) is 60.7 Å². The number of amides is 1. The van der Waals surface area contributed by atoms with Gasteiger partial charge < -0.3 is 14.7 Å². The molecule has 4 rings (SSSR count). The van der Waals surface area contributed by atoms with E-state index in [1.54, 1.807) is 4.90 Å². The lowest BCUT2D eigenvalue weighted by molar-refractivity contribution is -0.157. The molecular formula is C23H25NO4. The Balaban J connectivity index is 1.56. The Hall–Kier alpha value is -2.66. The Morgan fingerprint density at radius 3 is 2.21 bits per heavy atom. The van der Waals surface area contributed by atoms with Gasteiger partial charge in [0, 0.05) is 38.0 Å². The fraction of sp³-hybridized carbons (Fsp3) is 0.391. The van der Waals surface area contributed by atoms with Crippen molar-refractivity contribution in [2.75, 3.05) is 26.3 Å². The molecule has 0 aliphatic carbocycles. The number of benzene rings is 2. The Labute approximate surface area is 164 Å². The molecule has 0 saturated carbocycles. The Morgan fingerprint density at radius 2 is 1.68 bits per heavy atom. The van der Waals surface area contributed by atoms with Gasteiger partial charge in [-0.05, 0) is 17.5 Å². The van der Waals surface area contributed by atoms with E-state index >= 15 is 0 Å². The molecule has 2 aliphatic rings. The molecule has 146 valence electrons. The molecule has 2 heterocycles. The summed E-state index contributed by atoms with van der Waals surface area (Å²) >= 11 is 0. The average Bonchev–Trinajstić information content (AvgIpc) is 3.14. The number of aliphatic carboxylic acids is 1. The minimum absolute atomic E-state index is 0.00716. The maximum absolute atomic E-state index is 13.2. The van der Waals surface area contributed by atoms with Gasteiger partial charge in [-0.1, -0.05) is 60.7 Å². The molecule has 0 unspecified atom stereocenters. The van der Waals surface area contributed by atoms with E-state index in [-0.39, 0.29) is 24.3 Å². The molecule has 5 heteroatoms. The van der Waals surface area contributed by atoms with E-state index in [2.05, 4.69) is 0 Å². The summed E-state index contributed by atoms with van der Waals surface area (Å²) in [6, 6.07) is 20.0. The molecular weight excluding hydrogens is 354 g/mol. The van der Waals surface area contributed by atoms with Crippen LogP contribution in [0.1, 0.15) is 29.9 Å². The summed E-state index contributed by atoms with van der Waals surface area (Å²) in [6.45, 7) is 1.60. The van der Waals surface area contributed by atoms with Crippen LogP contribution in [0.3, 0.4) is 0 Å². The third-order valence-electron chi connectivity index (χ3n) is 6.27.